The number of ether oxygens (including phenoxy) is 1. The van der Waals surface area contributed by atoms with Gasteiger partial charge in [0.2, 0.25) is 0 Å². The summed E-state index contributed by atoms with van der Waals surface area (Å²) in [5.41, 5.74) is 0. The zero-order chi connectivity index (χ0) is 9.14. The number of hydrogen-bond donors (Lipinski definition) is 3. The highest BCUT2D eigenvalue weighted by Gasteiger charge is 2.36. The minimum absolute atomic E-state index is 0. The first-order valence-corrected chi connectivity index (χ1v) is 4.87. The Hall–Kier alpha value is 0.820. The standard InChI is InChI=1S/C6H12INO4.ClH/c7-3-1-5(12-8)11-4(2-9)6(3)10;/h3-6,9-10H,1-2,8H2;1H/t3-,4+,5+,6-;/m0./s1. The molecule has 0 unspecified atom stereocenters. The molecule has 4 N–H and O–H groups in total. The van der Waals surface area contributed by atoms with Crippen LogP contribution in [0.1, 0.15) is 6.42 Å². The summed E-state index contributed by atoms with van der Waals surface area (Å²) in [4.78, 5) is 4.49. The van der Waals surface area contributed by atoms with Crippen LogP contribution in [0.3, 0.4) is 0 Å². The average Bonchev–Trinajstić information content (AvgIpc) is 2.09. The molecule has 1 heterocycles. The highest BCUT2D eigenvalue weighted by Crippen LogP contribution is 2.25. The van der Waals surface area contributed by atoms with Gasteiger partial charge in [-0.05, 0) is 0 Å². The van der Waals surface area contributed by atoms with Gasteiger partial charge >= 0.3 is 0 Å². The summed E-state index contributed by atoms with van der Waals surface area (Å²) in [5.74, 6) is 4.94. The van der Waals surface area contributed by atoms with Crippen LogP contribution in [0.25, 0.3) is 0 Å². The zero-order valence-electron chi connectivity index (χ0n) is 6.80. The largest absolute Gasteiger partial charge is 0.394 e. The van der Waals surface area contributed by atoms with Crippen LogP contribution in [-0.4, -0.2) is 39.2 Å². The molecule has 5 nitrogen and oxygen atoms in total. The number of hydrogen-bond acceptors (Lipinski definition) is 5. The summed E-state index contributed by atoms with van der Waals surface area (Å²) in [6.07, 6.45) is -1.22. The van der Waals surface area contributed by atoms with Crippen molar-refractivity contribution in [3.8, 4) is 0 Å². The van der Waals surface area contributed by atoms with Crippen LogP contribution in [0, 0.1) is 0 Å². The highest BCUT2D eigenvalue weighted by atomic mass is 127. The molecule has 0 aromatic rings. The normalized spacial score (nSPS) is 39.7. The molecule has 0 aromatic carbocycles. The number of aliphatic hydroxyl groups excluding tert-OH is 2. The second-order valence-corrected chi connectivity index (χ2v) is 4.26. The molecule has 0 saturated carbocycles. The molecule has 80 valence electrons. The molecule has 1 aliphatic rings. The molecule has 13 heavy (non-hydrogen) atoms. The summed E-state index contributed by atoms with van der Waals surface area (Å²) in [5, 5.41) is 18.3. The lowest BCUT2D eigenvalue weighted by Crippen LogP contribution is -2.48. The smallest absolute Gasteiger partial charge is 0.178 e. The molecule has 1 saturated heterocycles. The first kappa shape index (κ1) is 13.8. The van der Waals surface area contributed by atoms with Gasteiger partial charge < -0.3 is 14.9 Å². The third-order valence-corrected chi connectivity index (χ3v) is 3.07. The van der Waals surface area contributed by atoms with Gasteiger partial charge in [0, 0.05) is 10.3 Å². The Bertz CT molecular complexity index is 153. The minimum Gasteiger partial charge on any atom is -0.394 e. The average molecular weight is 326 g/mol. The van der Waals surface area contributed by atoms with Crippen molar-refractivity contribution < 1.29 is 19.8 Å². The Morgan fingerprint density at radius 3 is 2.69 bits per heavy atom. The summed E-state index contributed by atoms with van der Waals surface area (Å²) < 4.78 is 5.12. The summed E-state index contributed by atoms with van der Waals surface area (Å²) >= 11 is 2.08. The van der Waals surface area contributed by atoms with Crippen LogP contribution in [0.2, 0.25) is 0 Å². The molecule has 0 amide bonds. The van der Waals surface area contributed by atoms with Gasteiger partial charge in [0.25, 0.3) is 0 Å². The SMILES string of the molecule is Cl.NO[C@@H]1C[C@H](I)[C@H](O)[C@@H](CO)O1. The van der Waals surface area contributed by atoms with Gasteiger partial charge in [-0.15, -0.1) is 12.4 Å². The molecule has 0 bridgehead atoms. The van der Waals surface area contributed by atoms with E-state index in [0.29, 0.717) is 6.42 Å². The van der Waals surface area contributed by atoms with E-state index in [-0.39, 0.29) is 22.9 Å². The molecule has 1 fully saturated rings. The predicted octanol–water partition coefficient (Wildman–Crippen LogP) is -0.430. The third-order valence-electron chi connectivity index (χ3n) is 1.83. The lowest BCUT2D eigenvalue weighted by molar-refractivity contribution is -0.227. The summed E-state index contributed by atoms with van der Waals surface area (Å²) in [6.45, 7) is -0.222. The Morgan fingerprint density at radius 2 is 2.23 bits per heavy atom. The van der Waals surface area contributed by atoms with Gasteiger partial charge in [-0.2, -0.15) is 0 Å². The highest BCUT2D eigenvalue weighted by molar-refractivity contribution is 14.1. The fraction of sp³-hybridized carbons (Fsp3) is 1.00. The van der Waals surface area contributed by atoms with Gasteiger partial charge in [-0.3, -0.25) is 4.84 Å². The van der Waals surface area contributed by atoms with Crippen LogP contribution in [0.15, 0.2) is 0 Å². The zero-order valence-corrected chi connectivity index (χ0v) is 9.77. The molecule has 0 spiro atoms. The van der Waals surface area contributed by atoms with Gasteiger partial charge in [0.15, 0.2) is 6.29 Å². The van der Waals surface area contributed by atoms with Crippen LogP contribution in [0.4, 0.5) is 0 Å². The van der Waals surface area contributed by atoms with Crippen LogP contribution in [0.5, 0.6) is 0 Å². The summed E-state index contributed by atoms with van der Waals surface area (Å²) in [6, 6.07) is 0. The van der Waals surface area contributed by atoms with Gasteiger partial charge in [-0.1, -0.05) is 22.6 Å². The van der Waals surface area contributed by atoms with E-state index in [4.69, 9.17) is 15.7 Å². The van der Waals surface area contributed by atoms with Crippen LogP contribution >= 0.6 is 35.0 Å². The van der Waals surface area contributed by atoms with Crippen LogP contribution < -0.4 is 5.90 Å². The van der Waals surface area contributed by atoms with Crippen molar-refractivity contribution >= 4 is 35.0 Å². The molecule has 4 atom stereocenters. The molecule has 0 aromatic heterocycles. The number of aliphatic hydroxyl groups is 2. The maximum absolute atomic E-state index is 9.46. The van der Waals surface area contributed by atoms with Crippen molar-refractivity contribution in [2.75, 3.05) is 6.61 Å². The first-order chi connectivity index (χ1) is 5.69. The van der Waals surface area contributed by atoms with E-state index in [1.807, 2.05) is 0 Å². The number of nitrogens with two attached hydrogens (primary N) is 1. The molecule has 0 radical (unpaired) electrons. The monoisotopic (exact) mass is 325 g/mol. The van der Waals surface area contributed by atoms with Gasteiger partial charge in [-0.25, -0.2) is 5.90 Å². The molecular weight excluding hydrogens is 312 g/mol. The maximum Gasteiger partial charge on any atom is 0.178 e. The van der Waals surface area contributed by atoms with Crippen molar-refractivity contribution in [1.29, 1.82) is 0 Å². The van der Waals surface area contributed by atoms with E-state index in [9.17, 15) is 5.11 Å². The van der Waals surface area contributed by atoms with E-state index >= 15 is 0 Å². The van der Waals surface area contributed by atoms with E-state index < -0.39 is 18.5 Å². The summed E-state index contributed by atoms with van der Waals surface area (Å²) in [7, 11) is 0. The van der Waals surface area contributed by atoms with Gasteiger partial charge in [0.05, 0.1) is 12.7 Å². The lowest BCUT2D eigenvalue weighted by Gasteiger charge is -2.34. The number of halogens is 2. The molecule has 0 aliphatic carbocycles. The Kier molecular flexibility index (Phi) is 6.73. The van der Waals surface area contributed by atoms with Crippen molar-refractivity contribution in [3.05, 3.63) is 0 Å². The topological polar surface area (TPSA) is 84.9 Å². The first-order valence-electron chi connectivity index (χ1n) is 3.63. The quantitative estimate of drug-likeness (QED) is 0.364. The Labute approximate surface area is 96.1 Å². The molecule has 1 aliphatic heterocycles. The van der Waals surface area contributed by atoms with Gasteiger partial charge in [0.1, 0.15) is 6.10 Å². The van der Waals surface area contributed by atoms with E-state index in [0.717, 1.165) is 0 Å². The maximum atomic E-state index is 9.46. The van der Waals surface area contributed by atoms with Crippen molar-refractivity contribution in [1.82, 2.24) is 0 Å². The van der Waals surface area contributed by atoms with Crippen LogP contribution in [-0.2, 0) is 9.57 Å². The molecule has 7 heteroatoms. The number of alkyl halides is 1. The van der Waals surface area contributed by atoms with E-state index in [1.165, 1.54) is 0 Å². The molecular formula is C6H13ClINO4. The van der Waals surface area contributed by atoms with Crippen molar-refractivity contribution in [3.63, 3.8) is 0 Å². The van der Waals surface area contributed by atoms with Crippen molar-refractivity contribution in [2.45, 2.75) is 28.8 Å². The van der Waals surface area contributed by atoms with E-state index in [1.54, 1.807) is 0 Å². The number of rotatable bonds is 2. The second-order valence-electron chi connectivity index (χ2n) is 2.67. The Balaban J connectivity index is 0.00000144. The minimum atomic E-state index is -0.651. The Morgan fingerprint density at radius 1 is 1.62 bits per heavy atom. The van der Waals surface area contributed by atoms with E-state index in [2.05, 4.69) is 27.4 Å². The predicted molar refractivity (Wildman–Crippen MR) is 56.7 cm³/mol. The second kappa shape index (κ2) is 6.33. The molecule has 1 rings (SSSR count). The lowest BCUT2D eigenvalue weighted by atomic mass is 10.1. The fourth-order valence-electron chi connectivity index (χ4n) is 1.13. The van der Waals surface area contributed by atoms with Crippen molar-refractivity contribution in [2.24, 2.45) is 5.90 Å². The third kappa shape index (κ3) is 3.46. The fourth-order valence-corrected chi connectivity index (χ4v) is 2.00.